The average molecular weight is 409 g/mol. The first-order valence-corrected chi connectivity index (χ1v) is 10.7. The molecule has 0 fully saturated rings. The van der Waals surface area contributed by atoms with E-state index in [0.717, 1.165) is 16.8 Å². The molecule has 0 spiro atoms. The molecule has 150 valence electrons. The Labute approximate surface area is 172 Å². The summed E-state index contributed by atoms with van der Waals surface area (Å²) < 4.78 is 27.0. The van der Waals surface area contributed by atoms with Crippen LogP contribution in [-0.2, 0) is 10.0 Å². The zero-order valence-corrected chi connectivity index (χ0v) is 17.7. The summed E-state index contributed by atoms with van der Waals surface area (Å²) in [5.74, 6) is -0.236. The van der Waals surface area contributed by atoms with E-state index in [0.29, 0.717) is 16.8 Å². The Morgan fingerprint density at radius 1 is 0.862 bits per heavy atom. The van der Waals surface area contributed by atoms with Crippen molar-refractivity contribution < 1.29 is 13.2 Å². The van der Waals surface area contributed by atoms with Gasteiger partial charge < -0.3 is 5.32 Å². The van der Waals surface area contributed by atoms with E-state index in [2.05, 4.69) is 5.32 Å². The molecule has 0 aliphatic heterocycles. The lowest BCUT2D eigenvalue weighted by Gasteiger charge is -2.22. The molecule has 0 saturated carbocycles. The van der Waals surface area contributed by atoms with E-state index in [4.69, 9.17) is 0 Å². The molecule has 3 aromatic carbocycles. The average Bonchev–Trinajstić information content (AvgIpc) is 2.70. The largest absolute Gasteiger partial charge is 0.322 e. The lowest BCUT2D eigenvalue weighted by atomic mass is 10.1. The fraction of sp³-hybridized carbons (Fsp3) is 0.174. The number of hydrogen-bond donors (Lipinski definition) is 1. The highest BCUT2D eigenvalue weighted by Gasteiger charge is 2.22. The number of hydrogen-bond acceptors (Lipinski definition) is 3. The summed E-state index contributed by atoms with van der Waals surface area (Å²) >= 11 is 0. The predicted octanol–water partition coefficient (Wildman–Crippen LogP) is 4.69. The number of nitrogens with one attached hydrogen (secondary N) is 1. The topological polar surface area (TPSA) is 66.5 Å². The molecule has 0 radical (unpaired) electrons. The van der Waals surface area contributed by atoms with Crippen LogP contribution in [0, 0.1) is 20.8 Å². The fourth-order valence-electron chi connectivity index (χ4n) is 3.18. The minimum atomic E-state index is -3.67. The van der Waals surface area contributed by atoms with E-state index in [1.165, 1.54) is 11.4 Å². The summed E-state index contributed by atoms with van der Waals surface area (Å²) in [7, 11) is -2.16. The quantitative estimate of drug-likeness (QED) is 0.666. The lowest BCUT2D eigenvalue weighted by molar-refractivity contribution is 0.102. The minimum absolute atomic E-state index is 0.221. The van der Waals surface area contributed by atoms with Crippen LogP contribution in [0.5, 0.6) is 0 Å². The number of aryl methyl sites for hydroxylation is 3. The Kier molecular flexibility index (Phi) is 5.75. The molecule has 1 N–H and O–H groups in total. The molecular formula is C23H24N2O3S. The van der Waals surface area contributed by atoms with Crippen LogP contribution in [0.15, 0.2) is 71.6 Å². The second-order valence-corrected chi connectivity index (χ2v) is 9.03. The van der Waals surface area contributed by atoms with Crippen molar-refractivity contribution in [2.75, 3.05) is 16.7 Å². The van der Waals surface area contributed by atoms with E-state index >= 15 is 0 Å². The van der Waals surface area contributed by atoms with Gasteiger partial charge in [0.2, 0.25) is 0 Å². The van der Waals surface area contributed by atoms with E-state index in [1.54, 1.807) is 55.5 Å². The maximum absolute atomic E-state index is 12.9. The van der Waals surface area contributed by atoms with Crippen molar-refractivity contribution >= 4 is 27.3 Å². The van der Waals surface area contributed by atoms with Crippen LogP contribution in [0.4, 0.5) is 11.4 Å². The maximum Gasteiger partial charge on any atom is 0.264 e. The van der Waals surface area contributed by atoms with Crippen molar-refractivity contribution in [3.8, 4) is 0 Å². The van der Waals surface area contributed by atoms with Crippen molar-refractivity contribution in [1.29, 1.82) is 0 Å². The molecule has 3 rings (SSSR count). The molecule has 0 unspecified atom stereocenters. The second kappa shape index (κ2) is 8.09. The summed E-state index contributed by atoms with van der Waals surface area (Å²) in [6.07, 6.45) is 0. The molecule has 0 aliphatic carbocycles. The molecule has 0 aliphatic rings. The van der Waals surface area contributed by atoms with Gasteiger partial charge in [0.15, 0.2) is 0 Å². The number of carbonyl (C=O) groups is 1. The number of carbonyl (C=O) groups excluding carboxylic acids is 1. The van der Waals surface area contributed by atoms with Gasteiger partial charge in [-0.2, -0.15) is 0 Å². The SMILES string of the molecule is Cc1ccc(NC(=O)c2ccc(N(C)S(=O)(=O)c3ccccc3)c(C)c2)c(C)c1. The molecule has 0 aromatic heterocycles. The third-order valence-electron chi connectivity index (χ3n) is 4.83. The molecule has 0 heterocycles. The Morgan fingerprint density at radius 2 is 1.55 bits per heavy atom. The van der Waals surface area contributed by atoms with Gasteiger partial charge in [-0.25, -0.2) is 8.42 Å². The number of sulfonamides is 1. The first kappa shape index (κ1) is 20.6. The highest BCUT2D eigenvalue weighted by Crippen LogP contribution is 2.26. The summed E-state index contributed by atoms with van der Waals surface area (Å²) in [6.45, 7) is 5.74. The number of rotatable bonds is 5. The second-order valence-electron chi connectivity index (χ2n) is 7.06. The summed E-state index contributed by atoms with van der Waals surface area (Å²) in [5.41, 5.74) is 4.56. The molecule has 5 nitrogen and oxygen atoms in total. The van der Waals surface area contributed by atoms with Gasteiger partial charge in [-0.05, 0) is 68.3 Å². The van der Waals surface area contributed by atoms with Gasteiger partial charge in [-0.15, -0.1) is 0 Å². The van der Waals surface area contributed by atoms with Gasteiger partial charge in [0.1, 0.15) is 0 Å². The van der Waals surface area contributed by atoms with Crippen molar-refractivity contribution in [2.24, 2.45) is 0 Å². The van der Waals surface area contributed by atoms with Crippen molar-refractivity contribution in [3.63, 3.8) is 0 Å². The van der Waals surface area contributed by atoms with Gasteiger partial charge in [0, 0.05) is 18.3 Å². The van der Waals surface area contributed by atoms with Crippen LogP contribution in [0.3, 0.4) is 0 Å². The zero-order valence-electron chi connectivity index (χ0n) is 16.9. The van der Waals surface area contributed by atoms with Gasteiger partial charge in [0.25, 0.3) is 15.9 Å². The molecule has 0 saturated heterocycles. The molecule has 3 aromatic rings. The third-order valence-corrected chi connectivity index (χ3v) is 6.62. The smallest absolute Gasteiger partial charge is 0.264 e. The predicted molar refractivity (Wildman–Crippen MR) is 117 cm³/mol. The number of benzene rings is 3. The standard InChI is InChI=1S/C23H24N2O3S/c1-16-10-12-21(17(2)14-16)24-23(26)19-11-13-22(18(3)15-19)25(4)29(27,28)20-8-6-5-7-9-20/h5-15H,1-4H3,(H,24,26). The van der Waals surface area contributed by atoms with E-state index in [9.17, 15) is 13.2 Å². The van der Waals surface area contributed by atoms with Crippen LogP contribution in [0.25, 0.3) is 0 Å². The first-order valence-electron chi connectivity index (χ1n) is 9.23. The monoisotopic (exact) mass is 408 g/mol. The highest BCUT2D eigenvalue weighted by atomic mass is 32.2. The van der Waals surface area contributed by atoms with E-state index in [1.807, 2.05) is 32.0 Å². The summed E-state index contributed by atoms with van der Waals surface area (Å²) in [4.78, 5) is 12.9. The summed E-state index contributed by atoms with van der Waals surface area (Å²) in [6, 6.07) is 19.1. The molecule has 1 amide bonds. The first-order chi connectivity index (χ1) is 13.7. The normalized spacial score (nSPS) is 11.2. The van der Waals surface area contributed by atoms with Crippen LogP contribution < -0.4 is 9.62 Å². The van der Waals surface area contributed by atoms with E-state index in [-0.39, 0.29) is 10.8 Å². The Hall–Kier alpha value is -3.12. The molecule has 29 heavy (non-hydrogen) atoms. The Balaban J connectivity index is 1.85. The van der Waals surface area contributed by atoms with Gasteiger partial charge >= 0.3 is 0 Å². The maximum atomic E-state index is 12.9. The van der Waals surface area contributed by atoms with E-state index < -0.39 is 10.0 Å². The van der Waals surface area contributed by atoms with Gasteiger partial charge in [0.05, 0.1) is 10.6 Å². The zero-order chi connectivity index (χ0) is 21.2. The third kappa shape index (κ3) is 4.32. The van der Waals surface area contributed by atoms with Crippen LogP contribution >= 0.6 is 0 Å². The van der Waals surface area contributed by atoms with Crippen molar-refractivity contribution in [3.05, 3.63) is 89.0 Å². The van der Waals surface area contributed by atoms with Crippen molar-refractivity contribution in [2.45, 2.75) is 25.7 Å². The number of nitrogens with zero attached hydrogens (tertiary/aromatic N) is 1. The Morgan fingerprint density at radius 3 is 2.17 bits per heavy atom. The van der Waals surface area contributed by atoms with Gasteiger partial charge in [-0.1, -0.05) is 35.9 Å². The number of anilines is 2. The highest BCUT2D eigenvalue weighted by molar-refractivity contribution is 7.92. The molecule has 0 atom stereocenters. The summed E-state index contributed by atoms with van der Waals surface area (Å²) in [5, 5.41) is 2.91. The molecule has 6 heteroatoms. The minimum Gasteiger partial charge on any atom is -0.322 e. The van der Waals surface area contributed by atoms with Gasteiger partial charge in [-0.3, -0.25) is 9.10 Å². The van der Waals surface area contributed by atoms with Crippen LogP contribution in [0.2, 0.25) is 0 Å². The number of amides is 1. The van der Waals surface area contributed by atoms with Crippen LogP contribution in [0.1, 0.15) is 27.0 Å². The Bertz CT molecular complexity index is 1160. The molecular weight excluding hydrogens is 384 g/mol. The van der Waals surface area contributed by atoms with Crippen molar-refractivity contribution in [1.82, 2.24) is 0 Å². The fourth-order valence-corrected chi connectivity index (χ4v) is 4.46. The lowest BCUT2D eigenvalue weighted by Crippen LogP contribution is -2.27. The van der Waals surface area contributed by atoms with Crippen LogP contribution in [-0.4, -0.2) is 21.4 Å². The molecule has 0 bridgehead atoms.